The molecule has 5 aromatic rings. The Balaban J connectivity index is 1.20. The predicted molar refractivity (Wildman–Crippen MR) is 230 cm³/mol. The molecule has 1 amide bonds. The molecule has 0 N–H and O–H groups in total. The summed E-state index contributed by atoms with van der Waals surface area (Å²) in [5, 5.41) is 12.0. The minimum Gasteiger partial charge on any atom is -0.496 e. The summed E-state index contributed by atoms with van der Waals surface area (Å²) in [4.78, 5) is 31.3. The number of nitrogens with zero attached hydrogens (tertiary/aromatic N) is 2. The molecule has 1 aliphatic heterocycles. The van der Waals surface area contributed by atoms with Crippen molar-refractivity contribution in [1.82, 2.24) is 4.90 Å². The molecule has 0 spiro atoms. The van der Waals surface area contributed by atoms with E-state index in [1.807, 2.05) is 72.8 Å². The topological polar surface area (TPSA) is 137 Å². The summed E-state index contributed by atoms with van der Waals surface area (Å²) in [7, 11) is 4.99. The highest BCUT2D eigenvalue weighted by molar-refractivity contribution is 5.89. The van der Waals surface area contributed by atoms with E-state index in [-0.39, 0.29) is 37.4 Å². The monoisotopic (exact) mass is 836 g/mol. The van der Waals surface area contributed by atoms with Gasteiger partial charge in [-0.1, -0.05) is 85.8 Å². The van der Waals surface area contributed by atoms with Gasteiger partial charge in [0.2, 0.25) is 5.91 Å². The van der Waals surface area contributed by atoms with Crippen LogP contribution in [0.25, 0.3) is 10.8 Å². The highest BCUT2D eigenvalue weighted by Gasteiger charge is 2.41. The third-order valence-corrected chi connectivity index (χ3v) is 10.7. The first kappa shape index (κ1) is 44.8. The van der Waals surface area contributed by atoms with Crippen molar-refractivity contribution >= 4 is 16.7 Å². The summed E-state index contributed by atoms with van der Waals surface area (Å²) in [5.74, 6) is 2.06. The van der Waals surface area contributed by atoms with Gasteiger partial charge in [-0.15, -0.1) is 10.1 Å². The van der Waals surface area contributed by atoms with E-state index in [9.17, 15) is 14.9 Å². The van der Waals surface area contributed by atoms with Gasteiger partial charge in [-0.25, -0.2) is 0 Å². The minimum atomic E-state index is -0.826. The number of hydrogen-bond donors (Lipinski definition) is 0. The molecule has 0 aliphatic carbocycles. The van der Waals surface area contributed by atoms with Crippen LogP contribution in [0, 0.1) is 16.0 Å². The second kappa shape index (κ2) is 22.8. The summed E-state index contributed by atoms with van der Waals surface area (Å²) in [6, 6.07) is 35.1. The molecule has 13 heteroatoms. The lowest BCUT2D eigenvalue weighted by Crippen LogP contribution is -2.55. The van der Waals surface area contributed by atoms with Gasteiger partial charge >= 0.3 is 0 Å². The molecule has 13 nitrogen and oxygen atoms in total. The Kier molecular flexibility index (Phi) is 16.7. The number of hydrogen-bond acceptors (Lipinski definition) is 11. The maximum absolute atomic E-state index is 14.1. The van der Waals surface area contributed by atoms with Crippen LogP contribution in [0.5, 0.6) is 17.2 Å². The quantitative estimate of drug-likeness (QED) is 0.0360. The molecule has 0 radical (unpaired) electrons. The third-order valence-electron chi connectivity index (χ3n) is 10.7. The molecule has 4 atom stereocenters. The second-order valence-corrected chi connectivity index (χ2v) is 15.3. The highest BCUT2D eigenvalue weighted by Crippen LogP contribution is 2.36. The molecule has 0 aromatic heterocycles. The fourth-order valence-electron chi connectivity index (χ4n) is 7.72. The average molecular weight is 837 g/mol. The van der Waals surface area contributed by atoms with Crippen LogP contribution < -0.4 is 14.2 Å². The van der Waals surface area contributed by atoms with Crippen LogP contribution >= 0.6 is 0 Å². The van der Waals surface area contributed by atoms with Crippen LogP contribution in [0.15, 0.2) is 109 Å². The Morgan fingerprint density at radius 3 is 2.26 bits per heavy atom. The van der Waals surface area contributed by atoms with Gasteiger partial charge in [0.25, 0.3) is 5.09 Å². The van der Waals surface area contributed by atoms with Gasteiger partial charge in [0, 0.05) is 49.4 Å². The van der Waals surface area contributed by atoms with Gasteiger partial charge < -0.3 is 42.9 Å². The number of ether oxygens (including phenoxy) is 7. The van der Waals surface area contributed by atoms with Crippen molar-refractivity contribution < 1.29 is 47.9 Å². The molecule has 0 saturated carbocycles. The number of rotatable bonds is 23. The van der Waals surface area contributed by atoms with Crippen LogP contribution in [0.3, 0.4) is 0 Å². The van der Waals surface area contributed by atoms with Gasteiger partial charge in [0.1, 0.15) is 23.9 Å². The normalized spacial score (nSPS) is 16.9. The molecule has 4 unspecified atom stereocenters. The molecule has 5 aromatic carbocycles. The lowest BCUT2D eigenvalue weighted by molar-refractivity contribution is -0.763. The first-order valence-corrected chi connectivity index (χ1v) is 20.6. The Morgan fingerprint density at radius 2 is 1.49 bits per heavy atom. The summed E-state index contributed by atoms with van der Waals surface area (Å²) in [6.45, 7) is 5.23. The minimum absolute atomic E-state index is 0.0931. The third kappa shape index (κ3) is 12.9. The van der Waals surface area contributed by atoms with E-state index in [0.717, 1.165) is 50.3 Å². The first-order chi connectivity index (χ1) is 29.7. The van der Waals surface area contributed by atoms with E-state index in [2.05, 4.69) is 30.0 Å². The smallest absolute Gasteiger partial charge is 0.294 e. The van der Waals surface area contributed by atoms with Crippen LogP contribution in [-0.4, -0.2) is 88.9 Å². The first-order valence-electron chi connectivity index (χ1n) is 20.6. The van der Waals surface area contributed by atoms with Crippen LogP contribution in [0.1, 0.15) is 47.1 Å². The highest BCUT2D eigenvalue weighted by atomic mass is 16.9. The maximum Gasteiger partial charge on any atom is 0.294 e. The number of para-hydroxylation sites is 1. The van der Waals surface area contributed by atoms with Crippen LogP contribution in [0.2, 0.25) is 0 Å². The van der Waals surface area contributed by atoms with Crippen molar-refractivity contribution in [1.29, 1.82) is 0 Å². The Morgan fingerprint density at radius 1 is 0.754 bits per heavy atom. The molecular formula is C48H56N2O11. The van der Waals surface area contributed by atoms with Crippen molar-refractivity contribution in [2.45, 2.75) is 57.7 Å². The van der Waals surface area contributed by atoms with Crippen molar-refractivity contribution in [3.8, 4) is 17.2 Å². The lowest BCUT2D eigenvalue weighted by atomic mass is 9.84. The maximum atomic E-state index is 14.1. The van der Waals surface area contributed by atoms with E-state index < -0.39 is 17.3 Å². The Labute approximate surface area is 357 Å². The zero-order chi connectivity index (χ0) is 43.0. The summed E-state index contributed by atoms with van der Waals surface area (Å²) in [6.07, 6.45) is -0.0635. The molecule has 1 aliphatic rings. The van der Waals surface area contributed by atoms with E-state index in [1.165, 1.54) is 0 Å². The summed E-state index contributed by atoms with van der Waals surface area (Å²) in [5.41, 5.74) is 4.27. The number of carbonyl (C=O) groups excluding carboxylic acids is 1. The van der Waals surface area contributed by atoms with E-state index in [1.54, 1.807) is 44.4 Å². The molecule has 1 saturated heterocycles. The molecule has 61 heavy (non-hydrogen) atoms. The SMILES string of the molecule is COCC(C)COC1CN(C(=O)Cc2cccc(CO[N+](=O)[O-])c2)CC(OCc2cc(OC)c3ccccc3c2)C1c1ccc(OCCCOCc2ccccc2OC)cc1. The number of likely N-dealkylation sites (tertiary alicyclic amines) is 1. The number of piperidine rings is 1. The fraction of sp³-hybridized carbons (Fsp3) is 0.396. The number of fused-ring (bicyclic) bond motifs is 1. The number of carbonyl (C=O) groups is 1. The standard InChI is InChI=1S/C48H56N2O11/c1-34(29-54-2)30-59-45-27-49(47(51)26-35-11-9-12-36(23-35)32-61-50(52)53)28-46(60-31-37-24-39-13-5-7-15-42(39)44(25-37)56-4)48(45)38-17-19-41(20-18-38)58-22-10-21-57-33-40-14-6-8-16-43(40)55-3/h5-9,11-20,23-25,34,45-46,48H,10,21-22,26-33H2,1-4H3. The zero-order valence-corrected chi connectivity index (χ0v) is 35.4. The van der Waals surface area contributed by atoms with Crippen LogP contribution in [-0.2, 0) is 54.8 Å². The number of methoxy groups -OCH3 is 3. The summed E-state index contributed by atoms with van der Waals surface area (Å²) >= 11 is 0. The second-order valence-electron chi connectivity index (χ2n) is 15.3. The van der Waals surface area contributed by atoms with Gasteiger partial charge in [-0.3, -0.25) is 4.79 Å². The van der Waals surface area contributed by atoms with E-state index in [0.29, 0.717) is 58.1 Å². The molecular weight excluding hydrogens is 781 g/mol. The van der Waals surface area contributed by atoms with Gasteiger partial charge in [-0.2, -0.15) is 0 Å². The zero-order valence-electron chi connectivity index (χ0n) is 35.4. The fourth-order valence-corrected chi connectivity index (χ4v) is 7.72. The Hall–Kier alpha value is -5.73. The molecule has 1 heterocycles. The molecule has 324 valence electrons. The van der Waals surface area contributed by atoms with Crippen molar-refractivity contribution in [3.63, 3.8) is 0 Å². The summed E-state index contributed by atoms with van der Waals surface area (Å²) < 4.78 is 42.2. The van der Waals surface area contributed by atoms with Gasteiger partial charge in [0.05, 0.1) is 72.5 Å². The number of amides is 1. The van der Waals surface area contributed by atoms with Gasteiger partial charge in [0.15, 0.2) is 0 Å². The lowest BCUT2D eigenvalue weighted by Gasteiger charge is -2.44. The van der Waals surface area contributed by atoms with E-state index >= 15 is 0 Å². The van der Waals surface area contributed by atoms with Crippen molar-refractivity contribution in [2.75, 3.05) is 60.8 Å². The Bertz CT molecular complexity index is 2160. The van der Waals surface area contributed by atoms with E-state index in [4.69, 9.17) is 33.2 Å². The largest absolute Gasteiger partial charge is 0.496 e. The van der Waals surface area contributed by atoms with Crippen molar-refractivity contribution in [2.24, 2.45) is 5.92 Å². The average Bonchev–Trinajstić information content (AvgIpc) is 3.28. The molecule has 6 rings (SSSR count). The number of benzene rings is 5. The molecule has 1 fully saturated rings. The van der Waals surface area contributed by atoms with Crippen molar-refractivity contribution in [3.05, 3.63) is 147 Å². The van der Waals surface area contributed by atoms with Gasteiger partial charge in [-0.05, 0) is 58.0 Å². The van der Waals surface area contributed by atoms with Crippen LogP contribution in [0.4, 0.5) is 0 Å². The molecule has 0 bridgehead atoms. The predicted octanol–water partition coefficient (Wildman–Crippen LogP) is 7.97.